The maximum Gasteiger partial charge on any atom is 0.182 e. The van der Waals surface area contributed by atoms with Gasteiger partial charge in [0.25, 0.3) is 0 Å². The first-order chi connectivity index (χ1) is 6.36. The fourth-order valence-electron chi connectivity index (χ4n) is 0.965. The van der Waals surface area contributed by atoms with Crippen LogP contribution in [-0.4, -0.2) is 17.4 Å². The van der Waals surface area contributed by atoms with E-state index in [9.17, 15) is 0 Å². The van der Waals surface area contributed by atoms with Crippen LogP contribution in [0.25, 0.3) is 0 Å². The molecule has 0 amide bonds. The van der Waals surface area contributed by atoms with Crippen LogP contribution < -0.4 is 5.32 Å². The third kappa shape index (κ3) is 3.96. The molecule has 4 heteroatoms. The fourth-order valence-corrected chi connectivity index (χ4v) is 1.98. The third-order valence-electron chi connectivity index (χ3n) is 1.75. The second-order valence-electron chi connectivity index (χ2n) is 2.82. The highest BCUT2D eigenvalue weighted by Crippen LogP contribution is 2.15. The SMILES string of the molecule is CCc1csc(NCCCCCl)n1. The predicted molar refractivity (Wildman–Crippen MR) is 59.9 cm³/mol. The minimum atomic E-state index is 0.750. The zero-order valence-electron chi connectivity index (χ0n) is 7.85. The standard InChI is InChI=1S/C9H15ClN2S/c1-2-8-7-13-9(12-8)11-6-4-3-5-10/h7H,2-6H2,1H3,(H,11,12). The van der Waals surface area contributed by atoms with E-state index >= 15 is 0 Å². The maximum absolute atomic E-state index is 5.57. The van der Waals surface area contributed by atoms with Gasteiger partial charge in [0, 0.05) is 17.8 Å². The smallest absolute Gasteiger partial charge is 0.182 e. The summed E-state index contributed by atoms with van der Waals surface area (Å²) in [5.41, 5.74) is 1.17. The Kier molecular flexibility index (Phi) is 5.16. The molecule has 0 saturated heterocycles. The Morgan fingerprint density at radius 3 is 3.00 bits per heavy atom. The number of hydrogen-bond acceptors (Lipinski definition) is 3. The molecule has 0 aliphatic carbocycles. The molecule has 0 spiro atoms. The molecule has 13 heavy (non-hydrogen) atoms. The molecule has 0 aliphatic heterocycles. The van der Waals surface area contributed by atoms with Crippen molar-refractivity contribution < 1.29 is 0 Å². The van der Waals surface area contributed by atoms with Crippen LogP contribution in [-0.2, 0) is 6.42 Å². The van der Waals surface area contributed by atoms with Crippen molar-refractivity contribution in [2.75, 3.05) is 17.7 Å². The number of nitrogens with one attached hydrogen (secondary N) is 1. The van der Waals surface area contributed by atoms with Gasteiger partial charge < -0.3 is 5.32 Å². The van der Waals surface area contributed by atoms with Gasteiger partial charge in [-0.1, -0.05) is 6.92 Å². The van der Waals surface area contributed by atoms with Crippen molar-refractivity contribution in [3.8, 4) is 0 Å². The average Bonchev–Trinajstić information content (AvgIpc) is 2.60. The third-order valence-corrected chi connectivity index (χ3v) is 2.87. The Morgan fingerprint density at radius 2 is 2.38 bits per heavy atom. The van der Waals surface area contributed by atoms with Crippen molar-refractivity contribution in [3.63, 3.8) is 0 Å². The summed E-state index contributed by atoms with van der Waals surface area (Å²) in [7, 11) is 0. The van der Waals surface area contributed by atoms with Gasteiger partial charge in [-0.05, 0) is 19.3 Å². The Morgan fingerprint density at radius 1 is 1.54 bits per heavy atom. The van der Waals surface area contributed by atoms with Crippen LogP contribution in [0.3, 0.4) is 0 Å². The lowest BCUT2D eigenvalue weighted by molar-refractivity contribution is 0.837. The highest BCUT2D eigenvalue weighted by atomic mass is 35.5. The van der Waals surface area contributed by atoms with Crippen molar-refractivity contribution >= 4 is 28.1 Å². The molecular weight excluding hydrogens is 204 g/mol. The first-order valence-corrected chi connectivity index (χ1v) is 6.02. The lowest BCUT2D eigenvalue weighted by atomic mass is 10.3. The summed E-state index contributed by atoms with van der Waals surface area (Å²) in [6, 6.07) is 0. The van der Waals surface area contributed by atoms with Gasteiger partial charge in [0.1, 0.15) is 0 Å². The highest BCUT2D eigenvalue weighted by Gasteiger charge is 1.98. The van der Waals surface area contributed by atoms with Crippen LogP contribution in [0.4, 0.5) is 5.13 Å². The van der Waals surface area contributed by atoms with Crippen molar-refractivity contribution in [2.24, 2.45) is 0 Å². The Hall–Kier alpha value is -0.280. The molecule has 1 aromatic rings. The second-order valence-corrected chi connectivity index (χ2v) is 4.06. The number of hydrogen-bond donors (Lipinski definition) is 1. The summed E-state index contributed by atoms with van der Waals surface area (Å²) in [6.07, 6.45) is 3.20. The molecule has 0 aliphatic rings. The van der Waals surface area contributed by atoms with Gasteiger partial charge in [-0.25, -0.2) is 4.98 Å². The summed E-state index contributed by atoms with van der Waals surface area (Å²) >= 11 is 7.25. The predicted octanol–water partition coefficient (Wildman–Crippen LogP) is 3.14. The van der Waals surface area contributed by atoms with Gasteiger partial charge >= 0.3 is 0 Å². The highest BCUT2D eigenvalue weighted by molar-refractivity contribution is 7.13. The molecule has 1 heterocycles. The number of aromatic nitrogens is 1. The number of aryl methyl sites for hydroxylation is 1. The lowest BCUT2D eigenvalue weighted by Gasteiger charge is -1.99. The number of nitrogens with zero attached hydrogens (tertiary/aromatic N) is 1. The van der Waals surface area contributed by atoms with Crippen LogP contribution in [0.1, 0.15) is 25.5 Å². The number of rotatable bonds is 6. The van der Waals surface area contributed by atoms with Crippen LogP contribution in [0, 0.1) is 0 Å². The van der Waals surface area contributed by atoms with E-state index in [2.05, 4.69) is 22.6 Å². The van der Waals surface area contributed by atoms with E-state index in [1.807, 2.05) is 0 Å². The van der Waals surface area contributed by atoms with Gasteiger partial charge in [0.2, 0.25) is 0 Å². The van der Waals surface area contributed by atoms with E-state index in [0.717, 1.165) is 36.8 Å². The summed E-state index contributed by atoms with van der Waals surface area (Å²) in [5.74, 6) is 0.750. The van der Waals surface area contributed by atoms with Gasteiger partial charge in [-0.15, -0.1) is 22.9 Å². The molecule has 2 nitrogen and oxygen atoms in total. The molecule has 0 bridgehead atoms. The van der Waals surface area contributed by atoms with Gasteiger partial charge in [0.15, 0.2) is 5.13 Å². The molecular formula is C9H15ClN2S. The lowest BCUT2D eigenvalue weighted by Crippen LogP contribution is -2.01. The van der Waals surface area contributed by atoms with E-state index in [0.29, 0.717) is 0 Å². The first-order valence-electron chi connectivity index (χ1n) is 4.61. The Labute approximate surface area is 88.3 Å². The van der Waals surface area contributed by atoms with E-state index in [1.165, 1.54) is 5.69 Å². The number of alkyl halides is 1. The maximum atomic E-state index is 5.57. The van der Waals surface area contributed by atoms with Crippen molar-refractivity contribution in [1.82, 2.24) is 4.98 Å². The average molecular weight is 219 g/mol. The minimum Gasteiger partial charge on any atom is -0.362 e. The number of anilines is 1. The van der Waals surface area contributed by atoms with Crippen LogP contribution in [0.15, 0.2) is 5.38 Å². The zero-order valence-corrected chi connectivity index (χ0v) is 9.42. The zero-order chi connectivity index (χ0) is 9.52. The number of halogens is 1. The second kappa shape index (κ2) is 6.22. The largest absolute Gasteiger partial charge is 0.362 e. The summed E-state index contributed by atoms with van der Waals surface area (Å²) in [6.45, 7) is 3.09. The Bertz CT molecular complexity index is 237. The molecule has 0 atom stereocenters. The quantitative estimate of drug-likeness (QED) is 0.586. The summed E-state index contributed by atoms with van der Waals surface area (Å²) in [5, 5.41) is 6.42. The van der Waals surface area contributed by atoms with Crippen LogP contribution >= 0.6 is 22.9 Å². The number of thiazole rings is 1. The van der Waals surface area contributed by atoms with Gasteiger partial charge in [-0.2, -0.15) is 0 Å². The fraction of sp³-hybridized carbons (Fsp3) is 0.667. The molecule has 1 rings (SSSR count). The van der Waals surface area contributed by atoms with E-state index < -0.39 is 0 Å². The monoisotopic (exact) mass is 218 g/mol. The molecule has 1 N–H and O–H groups in total. The number of unbranched alkanes of at least 4 members (excludes halogenated alkanes) is 1. The first kappa shape index (κ1) is 10.8. The van der Waals surface area contributed by atoms with Gasteiger partial charge in [0.05, 0.1) is 5.69 Å². The molecule has 0 aromatic carbocycles. The van der Waals surface area contributed by atoms with Crippen molar-refractivity contribution in [2.45, 2.75) is 26.2 Å². The van der Waals surface area contributed by atoms with E-state index in [4.69, 9.17) is 11.6 Å². The topological polar surface area (TPSA) is 24.9 Å². The minimum absolute atomic E-state index is 0.750. The van der Waals surface area contributed by atoms with Gasteiger partial charge in [-0.3, -0.25) is 0 Å². The van der Waals surface area contributed by atoms with Crippen molar-refractivity contribution in [1.29, 1.82) is 0 Å². The van der Waals surface area contributed by atoms with Crippen LogP contribution in [0.2, 0.25) is 0 Å². The van der Waals surface area contributed by atoms with Crippen molar-refractivity contribution in [3.05, 3.63) is 11.1 Å². The molecule has 0 radical (unpaired) electrons. The normalized spacial score (nSPS) is 10.3. The summed E-state index contributed by atoms with van der Waals surface area (Å²) < 4.78 is 0. The molecule has 1 aromatic heterocycles. The Balaban J connectivity index is 2.20. The molecule has 0 unspecified atom stereocenters. The molecule has 74 valence electrons. The molecule has 0 saturated carbocycles. The van der Waals surface area contributed by atoms with E-state index in [1.54, 1.807) is 11.3 Å². The summed E-state index contributed by atoms with van der Waals surface area (Å²) in [4.78, 5) is 4.40. The molecule has 0 fully saturated rings. The van der Waals surface area contributed by atoms with E-state index in [-0.39, 0.29) is 0 Å². The van der Waals surface area contributed by atoms with Crippen LogP contribution in [0.5, 0.6) is 0 Å².